The molecule has 1 amide bonds. The Bertz CT molecular complexity index is 640. The summed E-state index contributed by atoms with van der Waals surface area (Å²) in [6.07, 6.45) is 0. The van der Waals surface area contributed by atoms with Gasteiger partial charge in [-0.15, -0.1) is 0 Å². The molecule has 128 valence electrons. The number of hydrogen-bond acceptors (Lipinski definition) is 1. The van der Waals surface area contributed by atoms with Gasteiger partial charge < -0.3 is 10.6 Å². The first-order chi connectivity index (χ1) is 11.5. The Morgan fingerprint density at radius 1 is 1.00 bits per heavy atom. The number of amides is 1. The predicted octanol–water partition coefficient (Wildman–Crippen LogP) is 2.96. The second-order valence-electron chi connectivity index (χ2n) is 6.46. The molecule has 24 heavy (non-hydrogen) atoms. The number of hydrogen-bond donors (Lipinski definition) is 2. The van der Waals surface area contributed by atoms with Crippen LogP contribution in [-0.4, -0.2) is 12.5 Å². The second kappa shape index (κ2) is 8.60. The van der Waals surface area contributed by atoms with E-state index in [9.17, 15) is 9.18 Å². The van der Waals surface area contributed by atoms with E-state index in [1.807, 2.05) is 42.6 Å². The Hall–Kier alpha value is -2.20. The standard InChI is InChI=1S/C20H25FN2O/c1-14(2)20(17-9-11-18(21)12-10-17)22-13-19(24)23-15(3)16-7-5-4-6-8-16/h4-12,14-15,20,22H,13H2,1-3H3,(H,23,24)/p+1/t15-,20-/m0/s1. The highest BCUT2D eigenvalue weighted by Gasteiger charge is 2.21. The maximum atomic E-state index is 13.1. The van der Waals surface area contributed by atoms with Crippen molar-refractivity contribution in [2.75, 3.05) is 6.54 Å². The molecule has 0 aliphatic heterocycles. The van der Waals surface area contributed by atoms with Crippen molar-refractivity contribution in [3.63, 3.8) is 0 Å². The fourth-order valence-corrected chi connectivity index (χ4v) is 2.84. The first-order valence-electron chi connectivity index (χ1n) is 8.40. The molecule has 3 nitrogen and oxygen atoms in total. The zero-order valence-corrected chi connectivity index (χ0v) is 14.5. The quantitative estimate of drug-likeness (QED) is 0.806. The molecule has 0 saturated heterocycles. The maximum Gasteiger partial charge on any atom is 0.275 e. The van der Waals surface area contributed by atoms with Crippen molar-refractivity contribution < 1.29 is 14.5 Å². The predicted molar refractivity (Wildman–Crippen MR) is 93.8 cm³/mol. The summed E-state index contributed by atoms with van der Waals surface area (Å²) in [7, 11) is 0. The summed E-state index contributed by atoms with van der Waals surface area (Å²) >= 11 is 0. The Labute approximate surface area is 143 Å². The average molecular weight is 329 g/mol. The van der Waals surface area contributed by atoms with Crippen molar-refractivity contribution in [2.45, 2.75) is 32.9 Å². The van der Waals surface area contributed by atoms with Crippen molar-refractivity contribution >= 4 is 5.91 Å². The minimum Gasteiger partial charge on any atom is -0.345 e. The van der Waals surface area contributed by atoms with E-state index in [2.05, 4.69) is 19.2 Å². The molecule has 2 atom stereocenters. The smallest absolute Gasteiger partial charge is 0.275 e. The number of rotatable bonds is 7. The number of halogens is 1. The second-order valence-corrected chi connectivity index (χ2v) is 6.46. The van der Waals surface area contributed by atoms with Gasteiger partial charge >= 0.3 is 0 Å². The molecule has 0 saturated carbocycles. The van der Waals surface area contributed by atoms with Crippen LogP contribution in [0.4, 0.5) is 4.39 Å². The van der Waals surface area contributed by atoms with E-state index in [0.29, 0.717) is 12.5 Å². The molecule has 2 aromatic rings. The van der Waals surface area contributed by atoms with Gasteiger partial charge in [0.2, 0.25) is 0 Å². The van der Waals surface area contributed by atoms with Gasteiger partial charge in [-0.05, 0) is 24.6 Å². The lowest BCUT2D eigenvalue weighted by molar-refractivity contribution is -0.692. The molecule has 3 N–H and O–H groups in total. The number of nitrogens with one attached hydrogen (secondary N) is 1. The molecule has 0 aliphatic rings. The number of carbonyl (C=O) groups excluding carboxylic acids is 1. The van der Waals surface area contributed by atoms with E-state index in [4.69, 9.17) is 0 Å². The highest BCUT2D eigenvalue weighted by Crippen LogP contribution is 2.17. The Morgan fingerprint density at radius 2 is 1.62 bits per heavy atom. The molecule has 2 aromatic carbocycles. The van der Waals surface area contributed by atoms with Crippen molar-refractivity contribution in [3.05, 3.63) is 71.5 Å². The third-order valence-corrected chi connectivity index (χ3v) is 4.21. The van der Waals surface area contributed by atoms with Crippen molar-refractivity contribution in [3.8, 4) is 0 Å². The van der Waals surface area contributed by atoms with Crippen LogP contribution in [0.1, 0.15) is 44.0 Å². The molecule has 0 aromatic heterocycles. The number of quaternary nitrogens is 1. The first-order valence-corrected chi connectivity index (χ1v) is 8.40. The summed E-state index contributed by atoms with van der Waals surface area (Å²) in [5, 5.41) is 5.04. The van der Waals surface area contributed by atoms with E-state index in [-0.39, 0.29) is 23.8 Å². The Balaban J connectivity index is 1.92. The molecule has 0 fully saturated rings. The first kappa shape index (κ1) is 18.1. The summed E-state index contributed by atoms with van der Waals surface area (Å²) < 4.78 is 13.1. The van der Waals surface area contributed by atoms with Gasteiger partial charge in [-0.3, -0.25) is 4.79 Å². The van der Waals surface area contributed by atoms with E-state index < -0.39 is 0 Å². The molecule has 4 heteroatoms. The maximum absolute atomic E-state index is 13.1. The van der Waals surface area contributed by atoms with Crippen molar-refractivity contribution in [1.82, 2.24) is 5.32 Å². The highest BCUT2D eigenvalue weighted by molar-refractivity contribution is 5.77. The van der Waals surface area contributed by atoms with Crippen LogP contribution in [0.25, 0.3) is 0 Å². The van der Waals surface area contributed by atoms with Crippen LogP contribution < -0.4 is 10.6 Å². The van der Waals surface area contributed by atoms with Gasteiger partial charge in [0, 0.05) is 11.5 Å². The largest absolute Gasteiger partial charge is 0.345 e. The zero-order valence-electron chi connectivity index (χ0n) is 14.5. The average Bonchev–Trinajstić information content (AvgIpc) is 2.57. The molecular formula is C20H26FN2O+. The highest BCUT2D eigenvalue weighted by atomic mass is 19.1. The van der Waals surface area contributed by atoms with E-state index in [1.165, 1.54) is 12.1 Å². The Morgan fingerprint density at radius 3 is 2.21 bits per heavy atom. The van der Waals surface area contributed by atoms with Gasteiger partial charge in [0.15, 0.2) is 6.54 Å². The lowest BCUT2D eigenvalue weighted by Gasteiger charge is -2.20. The van der Waals surface area contributed by atoms with Crippen LogP contribution in [0, 0.1) is 11.7 Å². The van der Waals surface area contributed by atoms with E-state index in [1.54, 1.807) is 12.1 Å². The summed E-state index contributed by atoms with van der Waals surface area (Å²) in [5.74, 6) is 0.101. The van der Waals surface area contributed by atoms with Crippen LogP contribution in [0.15, 0.2) is 54.6 Å². The molecule has 0 bridgehead atoms. The van der Waals surface area contributed by atoms with Crippen LogP contribution in [0.2, 0.25) is 0 Å². The lowest BCUT2D eigenvalue weighted by Crippen LogP contribution is -2.88. The summed E-state index contributed by atoms with van der Waals surface area (Å²) in [6.45, 7) is 6.54. The third-order valence-electron chi connectivity index (χ3n) is 4.21. The molecule has 0 heterocycles. The molecule has 0 spiro atoms. The fraction of sp³-hybridized carbons (Fsp3) is 0.350. The minimum absolute atomic E-state index is 0.000820. The van der Waals surface area contributed by atoms with Gasteiger partial charge in [-0.2, -0.15) is 0 Å². The van der Waals surface area contributed by atoms with Crippen LogP contribution in [0.5, 0.6) is 0 Å². The number of benzene rings is 2. The van der Waals surface area contributed by atoms with Crippen LogP contribution >= 0.6 is 0 Å². The Kier molecular flexibility index (Phi) is 6.50. The van der Waals surface area contributed by atoms with E-state index >= 15 is 0 Å². The number of carbonyl (C=O) groups is 1. The fourth-order valence-electron chi connectivity index (χ4n) is 2.84. The van der Waals surface area contributed by atoms with Crippen molar-refractivity contribution in [1.29, 1.82) is 0 Å². The minimum atomic E-state index is -0.240. The summed E-state index contributed by atoms with van der Waals surface area (Å²) in [6, 6.07) is 16.5. The van der Waals surface area contributed by atoms with Gasteiger partial charge in [0.05, 0.1) is 6.04 Å². The topological polar surface area (TPSA) is 45.7 Å². The van der Waals surface area contributed by atoms with Gasteiger partial charge in [-0.25, -0.2) is 4.39 Å². The summed E-state index contributed by atoms with van der Waals surface area (Å²) in [5.41, 5.74) is 2.13. The molecule has 0 aliphatic carbocycles. The monoisotopic (exact) mass is 329 g/mol. The lowest BCUT2D eigenvalue weighted by atomic mass is 9.96. The molecule has 2 rings (SSSR count). The number of nitrogens with two attached hydrogens (primary N) is 1. The van der Waals surface area contributed by atoms with E-state index in [0.717, 1.165) is 11.1 Å². The third kappa shape index (κ3) is 5.17. The van der Waals surface area contributed by atoms with Crippen molar-refractivity contribution in [2.24, 2.45) is 5.92 Å². The van der Waals surface area contributed by atoms with Crippen LogP contribution in [-0.2, 0) is 4.79 Å². The van der Waals surface area contributed by atoms with Gasteiger partial charge in [0.1, 0.15) is 11.9 Å². The molecule has 0 radical (unpaired) electrons. The summed E-state index contributed by atoms with van der Waals surface area (Å²) in [4.78, 5) is 12.2. The zero-order chi connectivity index (χ0) is 17.5. The van der Waals surface area contributed by atoms with Gasteiger partial charge in [0.25, 0.3) is 5.91 Å². The van der Waals surface area contributed by atoms with Crippen LogP contribution in [0.3, 0.4) is 0 Å². The van der Waals surface area contributed by atoms with Gasteiger partial charge in [-0.1, -0.05) is 56.3 Å². The normalized spacial score (nSPS) is 13.5. The molecular weight excluding hydrogens is 303 g/mol. The molecule has 0 unspecified atom stereocenters. The SMILES string of the molecule is CC(C)[C@H]([NH2+]CC(=O)N[C@@H](C)c1ccccc1)c1ccc(F)cc1.